The summed E-state index contributed by atoms with van der Waals surface area (Å²) in [5.41, 5.74) is 2.16. The number of aromatic nitrogens is 5. The Labute approximate surface area is 189 Å². The number of halogens is 1. The smallest absolute Gasteiger partial charge is 0.228 e. The van der Waals surface area contributed by atoms with E-state index >= 15 is 0 Å². The summed E-state index contributed by atoms with van der Waals surface area (Å²) < 4.78 is 1.74. The number of benzene rings is 1. The molecule has 10 nitrogen and oxygen atoms in total. The number of carbonyl (C=O) groups is 2. The van der Waals surface area contributed by atoms with Gasteiger partial charge < -0.3 is 14.7 Å². The third-order valence-corrected chi connectivity index (χ3v) is 6.34. The second-order valence-corrected chi connectivity index (χ2v) is 8.41. The van der Waals surface area contributed by atoms with E-state index in [0.29, 0.717) is 55.5 Å². The summed E-state index contributed by atoms with van der Waals surface area (Å²) in [6, 6.07) is 7.12. The van der Waals surface area contributed by atoms with Gasteiger partial charge in [0.1, 0.15) is 6.33 Å². The predicted octanol–water partition coefficient (Wildman–Crippen LogP) is 1.60. The molecule has 4 heterocycles. The molecule has 2 aliphatic heterocycles. The molecule has 166 valence electrons. The first-order valence-corrected chi connectivity index (χ1v) is 11.1. The Morgan fingerprint density at radius 1 is 1.12 bits per heavy atom. The molecule has 1 aromatic carbocycles. The summed E-state index contributed by atoms with van der Waals surface area (Å²) >= 11 is 5.95. The fourth-order valence-corrected chi connectivity index (χ4v) is 4.49. The van der Waals surface area contributed by atoms with Gasteiger partial charge in [-0.1, -0.05) is 16.8 Å². The van der Waals surface area contributed by atoms with Gasteiger partial charge in [0, 0.05) is 56.4 Å². The zero-order valence-corrected chi connectivity index (χ0v) is 18.4. The van der Waals surface area contributed by atoms with Crippen LogP contribution in [-0.4, -0.2) is 74.4 Å². The van der Waals surface area contributed by atoms with Crippen molar-refractivity contribution in [3.05, 3.63) is 35.6 Å². The Morgan fingerprint density at radius 3 is 2.59 bits per heavy atom. The molecule has 0 N–H and O–H groups in total. The van der Waals surface area contributed by atoms with Crippen LogP contribution in [0.5, 0.6) is 0 Å². The lowest BCUT2D eigenvalue weighted by Crippen LogP contribution is -2.51. The van der Waals surface area contributed by atoms with Gasteiger partial charge in [-0.05, 0) is 31.2 Å². The Balaban J connectivity index is 1.24. The maximum absolute atomic E-state index is 13.1. The van der Waals surface area contributed by atoms with Crippen molar-refractivity contribution >= 4 is 46.1 Å². The SMILES string of the molecule is CCn1nnc2c(N3CCN(C(=O)C4CC(=O)N(c5ccc(Cl)cc5)C4)CC3)ncnc21. The molecule has 0 bridgehead atoms. The van der Waals surface area contributed by atoms with Crippen LogP contribution in [0.4, 0.5) is 11.5 Å². The number of carbonyl (C=O) groups excluding carboxylic acids is 2. The number of hydrogen-bond donors (Lipinski definition) is 0. The van der Waals surface area contributed by atoms with Crippen LogP contribution >= 0.6 is 11.6 Å². The quantitative estimate of drug-likeness (QED) is 0.590. The van der Waals surface area contributed by atoms with Crippen molar-refractivity contribution in [3.63, 3.8) is 0 Å². The highest BCUT2D eigenvalue weighted by Crippen LogP contribution is 2.28. The zero-order valence-electron chi connectivity index (χ0n) is 17.7. The van der Waals surface area contributed by atoms with Crippen LogP contribution in [-0.2, 0) is 16.1 Å². The lowest BCUT2D eigenvalue weighted by Gasteiger charge is -2.36. The van der Waals surface area contributed by atoms with E-state index < -0.39 is 0 Å². The summed E-state index contributed by atoms with van der Waals surface area (Å²) in [7, 11) is 0. The Kier molecular flexibility index (Phi) is 5.38. The average Bonchev–Trinajstić information content (AvgIpc) is 3.42. The molecule has 2 fully saturated rings. The van der Waals surface area contributed by atoms with Gasteiger partial charge in [-0.25, -0.2) is 14.6 Å². The maximum Gasteiger partial charge on any atom is 0.228 e. The van der Waals surface area contributed by atoms with Crippen LogP contribution in [0.15, 0.2) is 30.6 Å². The second kappa shape index (κ2) is 8.34. The van der Waals surface area contributed by atoms with E-state index in [9.17, 15) is 9.59 Å². The summed E-state index contributed by atoms with van der Waals surface area (Å²) in [6.07, 6.45) is 1.76. The first-order valence-electron chi connectivity index (χ1n) is 10.7. The lowest BCUT2D eigenvalue weighted by atomic mass is 10.1. The van der Waals surface area contributed by atoms with E-state index in [-0.39, 0.29) is 24.2 Å². The van der Waals surface area contributed by atoms with Crippen LogP contribution in [0.1, 0.15) is 13.3 Å². The molecular formula is C21H23ClN8O2. The number of aryl methyl sites for hydroxylation is 1. The average molecular weight is 455 g/mol. The number of fused-ring (bicyclic) bond motifs is 1. The molecule has 0 spiro atoms. The fraction of sp³-hybridized carbons (Fsp3) is 0.429. The van der Waals surface area contributed by atoms with E-state index in [0.717, 1.165) is 11.5 Å². The van der Waals surface area contributed by atoms with Crippen molar-refractivity contribution in [1.82, 2.24) is 29.9 Å². The van der Waals surface area contributed by atoms with Crippen LogP contribution in [0.2, 0.25) is 5.02 Å². The van der Waals surface area contributed by atoms with Gasteiger partial charge in [-0.2, -0.15) is 0 Å². The van der Waals surface area contributed by atoms with Crippen LogP contribution < -0.4 is 9.80 Å². The van der Waals surface area contributed by atoms with Crippen molar-refractivity contribution in [3.8, 4) is 0 Å². The normalized spacial score (nSPS) is 19.2. The van der Waals surface area contributed by atoms with Gasteiger partial charge in [0.15, 0.2) is 17.0 Å². The van der Waals surface area contributed by atoms with Gasteiger partial charge in [0.25, 0.3) is 0 Å². The lowest BCUT2D eigenvalue weighted by molar-refractivity contribution is -0.136. The molecule has 3 aromatic rings. The molecule has 1 unspecified atom stereocenters. The maximum atomic E-state index is 13.1. The minimum Gasteiger partial charge on any atom is -0.351 e. The van der Waals surface area contributed by atoms with Crippen LogP contribution in [0.3, 0.4) is 0 Å². The zero-order chi connectivity index (χ0) is 22.2. The summed E-state index contributed by atoms with van der Waals surface area (Å²) in [5.74, 6) is 0.401. The third-order valence-electron chi connectivity index (χ3n) is 6.08. The molecule has 0 aliphatic carbocycles. The Bertz CT molecular complexity index is 1160. The van der Waals surface area contributed by atoms with E-state index in [2.05, 4.69) is 25.2 Å². The summed E-state index contributed by atoms with van der Waals surface area (Å²) in [5, 5.41) is 9.00. The summed E-state index contributed by atoms with van der Waals surface area (Å²) in [4.78, 5) is 40.0. The summed E-state index contributed by atoms with van der Waals surface area (Å²) in [6.45, 7) is 5.48. The number of anilines is 2. The topological polar surface area (TPSA) is 100 Å². The van der Waals surface area contributed by atoms with Crippen molar-refractivity contribution in [1.29, 1.82) is 0 Å². The number of piperazine rings is 1. The minimum absolute atomic E-state index is 0.0271. The standard InChI is InChI=1S/C21H23ClN8O2/c1-2-30-20-18(25-26-30)19(23-13-24-20)27-7-9-28(10-8-27)21(32)14-11-17(31)29(12-14)16-5-3-15(22)4-6-16/h3-6,13-14H,2,7-12H2,1H3. The van der Waals surface area contributed by atoms with Gasteiger partial charge in [-0.3, -0.25) is 9.59 Å². The van der Waals surface area contributed by atoms with E-state index in [1.807, 2.05) is 24.0 Å². The molecule has 2 aromatic heterocycles. The number of rotatable bonds is 4. The molecule has 0 saturated carbocycles. The molecule has 0 radical (unpaired) electrons. The van der Waals surface area contributed by atoms with Crippen molar-refractivity contribution in [2.24, 2.45) is 5.92 Å². The number of amides is 2. The molecule has 2 saturated heterocycles. The molecule has 2 amide bonds. The first-order chi connectivity index (χ1) is 15.5. The first kappa shape index (κ1) is 20.6. The van der Waals surface area contributed by atoms with Crippen molar-refractivity contribution in [2.45, 2.75) is 19.9 Å². The molecule has 32 heavy (non-hydrogen) atoms. The van der Waals surface area contributed by atoms with E-state index in [1.54, 1.807) is 21.7 Å². The van der Waals surface area contributed by atoms with Crippen molar-refractivity contribution in [2.75, 3.05) is 42.5 Å². The highest BCUT2D eigenvalue weighted by atomic mass is 35.5. The largest absolute Gasteiger partial charge is 0.351 e. The number of hydrogen-bond acceptors (Lipinski definition) is 7. The predicted molar refractivity (Wildman–Crippen MR) is 119 cm³/mol. The molecular weight excluding hydrogens is 432 g/mol. The highest BCUT2D eigenvalue weighted by molar-refractivity contribution is 6.30. The van der Waals surface area contributed by atoms with Gasteiger partial charge in [-0.15, -0.1) is 5.10 Å². The third kappa shape index (κ3) is 3.64. The van der Waals surface area contributed by atoms with Crippen LogP contribution in [0, 0.1) is 5.92 Å². The Morgan fingerprint density at radius 2 is 1.88 bits per heavy atom. The monoisotopic (exact) mass is 454 g/mol. The van der Waals surface area contributed by atoms with E-state index in [4.69, 9.17) is 11.6 Å². The van der Waals surface area contributed by atoms with Gasteiger partial charge >= 0.3 is 0 Å². The minimum atomic E-state index is -0.333. The van der Waals surface area contributed by atoms with Gasteiger partial charge in [0.2, 0.25) is 11.8 Å². The molecule has 5 rings (SSSR count). The number of nitrogens with zero attached hydrogens (tertiary/aromatic N) is 8. The highest BCUT2D eigenvalue weighted by Gasteiger charge is 2.38. The molecule has 1 atom stereocenters. The van der Waals surface area contributed by atoms with Crippen molar-refractivity contribution < 1.29 is 9.59 Å². The fourth-order valence-electron chi connectivity index (χ4n) is 4.36. The van der Waals surface area contributed by atoms with E-state index in [1.165, 1.54) is 6.33 Å². The molecule has 11 heteroatoms. The Hall–Kier alpha value is -3.27. The second-order valence-electron chi connectivity index (χ2n) is 7.97. The molecule has 2 aliphatic rings. The van der Waals surface area contributed by atoms with Crippen LogP contribution in [0.25, 0.3) is 11.2 Å². The van der Waals surface area contributed by atoms with Gasteiger partial charge in [0.05, 0.1) is 5.92 Å².